The number of benzene rings is 1. The third-order valence-electron chi connectivity index (χ3n) is 2.45. The van der Waals surface area contributed by atoms with Gasteiger partial charge in [-0.2, -0.15) is 0 Å². The summed E-state index contributed by atoms with van der Waals surface area (Å²) in [5.41, 5.74) is 2.52. The Balaban J connectivity index is 2.70. The minimum atomic E-state index is -0.267. The molecule has 1 aliphatic carbocycles. The number of ketones is 1. The van der Waals surface area contributed by atoms with Crippen LogP contribution in [-0.2, 0) is 6.42 Å². The summed E-state index contributed by atoms with van der Waals surface area (Å²) in [5, 5.41) is 12.0. The Hall–Kier alpha value is -1.35. The van der Waals surface area contributed by atoms with Gasteiger partial charge in [0.25, 0.3) is 0 Å². The van der Waals surface area contributed by atoms with Crippen molar-refractivity contribution in [1.29, 1.82) is 0 Å². The van der Waals surface area contributed by atoms with Crippen LogP contribution in [0.25, 0.3) is 0 Å². The van der Waals surface area contributed by atoms with Gasteiger partial charge < -0.3 is 5.21 Å². The molecule has 0 aromatic heterocycles. The van der Waals surface area contributed by atoms with Crippen LogP contribution in [0.2, 0.25) is 5.02 Å². The highest BCUT2D eigenvalue weighted by Crippen LogP contribution is 2.29. The van der Waals surface area contributed by atoms with Crippen molar-refractivity contribution in [3.63, 3.8) is 0 Å². The van der Waals surface area contributed by atoms with Crippen molar-refractivity contribution in [2.75, 3.05) is 0 Å². The number of carbonyl (C=O) groups excluding carboxylic acids is 1. The van der Waals surface area contributed by atoms with E-state index in [-0.39, 0.29) is 11.5 Å². The monoisotopic (exact) mass is 209 g/mol. The van der Waals surface area contributed by atoms with Gasteiger partial charge in [-0.25, -0.2) is 0 Å². The molecule has 0 atom stereocenters. The van der Waals surface area contributed by atoms with Gasteiger partial charge >= 0.3 is 0 Å². The molecular formula is C10H8ClNO2. The van der Waals surface area contributed by atoms with Crippen LogP contribution in [0.3, 0.4) is 0 Å². The molecule has 0 heterocycles. The average Bonchev–Trinajstić information content (AvgIpc) is 2.51. The zero-order valence-electron chi connectivity index (χ0n) is 7.54. The van der Waals surface area contributed by atoms with E-state index in [9.17, 15) is 4.79 Å². The first kappa shape index (κ1) is 9.21. The second-order valence-electron chi connectivity index (χ2n) is 3.27. The fraction of sp³-hybridized carbons (Fsp3) is 0.200. The van der Waals surface area contributed by atoms with Gasteiger partial charge in [0, 0.05) is 12.0 Å². The van der Waals surface area contributed by atoms with Gasteiger partial charge in [-0.1, -0.05) is 22.8 Å². The van der Waals surface area contributed by atoms with E-state index >= 15 is 0 Å². The van der Waals surface area contributed by atoms with Crippen molar-refractivity contribution in [2.45, 2.75) is 13.3 Å². The molecule has 2 rings (SSSR count). The zero-order valence-corrected chi connectivity index (χ0v) is 8.30. The lowest BCUT2D eigenvalue weighted by Crippen LogP contribution is -2.07. The Morgan fingerprint density at radius 3 is 2.79 bits per heavy atom. The number of halogens is 1. The number of aryl methyl sites for hydroxylation is 1. The lowest BCUT2D eigenvalue weighted by Gasteiger charge is -2.02. The highest BCUT2D eigenvalue weighted by atomic mass is 35.5. The van der Waals surface area contributed by atoms with E-state index in [1.54, 1.807) is 6.07 Å². The largest absolute Gasteiger partial charge is 0.411 e. The van der Waals surface area contributed by atoms with Crippen LogP contribution in [0.4, 0.5) is 0 Å². The summed E-state index contributed by atoms with van der Waals surface area (Å²) in [5.74, 6) is -0.267. The van der Waals surface area contributed by atoms with Gasteiger partial charge in [0.2, 0.25) is 5.78 Å². The van der Waals surface area contributed by atoms with Gasteiger partial charge in [0.1, 0.15) is 5.71 Å². The molecule has 0 fully saturated rings. The second kappa shape index (κ2) is 3.10. The van der Waals surface area contributed by atoms with Gasteiger partial charge in [-0.05, 0) is 24.1 Å². The number of fused-ring (bicyclic) bond motifs is 1. The van der Waals surface area contributed by atoms with Crippen LogP contribution in [-0.4, -0.2) is 16.7 Å². The van der Waals surface area contributed by atoms with Gasteiger partial charge in [0.15, 0.2) is 0 Å². The first-order valence-corrected chi connectivity index (χ1v) is 4.56. The van der Waals surface area contributed by atoms with Crippen molar-refractivity contribution < 1.29 is 10.0 Å². The summed E-state index contributed by atoms with van der Waals surface area (Å²) in [6.07, 6.45) is 0.372. The maximum Gasteiger partial charge on any atom is 0.212 e. The van der Waals surface area contributed by atoms with Crippen LogP contribution in [0, 0.1) is 6.92 Å². The Kier molecular flexibility index (Phi) is 2.04. The SMILES string of the molecule is Cc1ccc(Cl)c2c1C/C(=N\O)C2=O. The summed E-state index contributed by atoms with van der Waals surface area (Å²) in [4.78, 5) is 11.6. The highest BCUT2D eigenvalue weighted by molar-refractivity contribution is 6.52. The molecule has 0 bridgehead atoms. The van der Waals surface area contributed by atoms with E-state index in [0.717, 1.165) is 11.1 Å². The minimum absolute atomic E-state index is 0.163. The molecule has 72 valence electrons. The Morgan fingerprint density at radius 1 is 1.50 bits per heavy atom. The Morgan fingerprint density at radius 2 is 2.21 bits per heavy atom. The smallest absolute Gasteiger partial charge is 0.212 e. The molecule has 0 saturated carbocycles. The number of Topliss-reactive ketones (excluding diaryl/α,β-unsaturated/α-hetero) is 1. The van der Waals surface area contributed by atoms with E-state index in [4.69, 9.17) is 16.8 Å². The van der Waals surface area contributed by atoms with E-state index < -0.39 is 0 Å². The van der Waals surface area contributed by atoms with Crippen molar-refractivity contribution in [2.24, 2.45) is 5.16 Å². The quantitative estimate of drug-likeness (QED) is 0.526. The lowest BCUT2D eigenvalue weighted by atomic mass is 10.0. The first-order valence-electron chi connectivity index (χ1n) is 4.18. The molecule has 3 nitrogen and oxygen atoms in total. The molecule has 0 spiro atoms. The van der Waals surface area contributed by atoms with E-state index in [1.807, 2.05) is 13.0 Å². The molecule has 1 aromatic rings. The van der Waals surface area contributed by atoms with Gasteiger partial charge in [0.05, 0.1) is 5.02 Å². The third kappa shape index (κ3) is 1.13. The minimum Gasteiger partial charge on any atom is -0.411 e. The number of carbonyl (C=O) groups is 1. The molecule has 0 unspecified atom stereocenters. The molecule has 1 aromatic carbocycles. The zero-order chi connectivity index (χ0) is 10.3. The molecule has 0 amide bonds. The molecule has 1 aliphatic rings. The molecular weight excluding hydrogens is 202 g/mol. The standard InChI is InChI=1S/C10H8ClNO2/c1-5-2-3-7(11)9-6(5)4-8(12-14)10(9)13/h2-3,14H,4H2,1H3/b12-8+. The van der Waals surface area contributed by atoms with Crippen molar-refractivity contribution in [3.05, 3.63) is 33.8 Å². The summed E-state index contributed by atoms with van der Waals surface area (Å²) >= 11 is 5.90. The maximum atomic E-state index is 11.6. The Bertz CT molecular complexity index is 452. The number of rotatable bonds is 0. The Labute approximate surface area is 86.0 Å². The lowest BCUT2D eigenvalue weighted by molar-refractivity contribution is 0.106. The predicted molar refractivity (Wildman–Crippen MR) is 53.4 cm³/mol. The van der Waals surface area contributed by atoms with Crippen LogP contribution >= 0.6 is 11.6 Å². The molecule has 0 radical (unpaired) electrons. The number of nitrogens with zero attached hydrogens (tertiary/aromatic N) is 1. The van der Waals surface area contributed by atoms with Crippen molar-refractivity contribution in [3.8, 4) is 0 Å². The van der Waals surface area contributed by atoms with Crippen LogP contribution < -0.4 is 0 Å². The average molecular weight is 210 g/mol. The molecule has 0 aliphatic heterocycles. The highest BCUT2D eigenvalue weighted by Gasteiger charge is 2.30. The normalized spacial score (nSPS) is 17.6. The third-order valence-corrected chi connectivity index (χ3v) is 2.77. The molecule has 4 heteroatoms. The van der Waals surface area contributed by atoms with E-state index in [1.165, 1.54) is 0 Å². The summed E-state index contributed by atoms with van der Waals surface area (Å²) in [6, 6.07) is 3.54. The fourth-order valence-electron chi connectivity index (χ4n) is 1.67. The first-order chi connectivity index (χ1) is 6.65. The van der Waals surface area contributed by atoms with Crippen LogP contribution in [0.1, 0.15) is 21.5 Å². The van der Waals surface area contributed by atoms with Gasteiger partial charge in [-0.3, -0.25) is 4.79 Å². The van der Waals surface area contributed by atoms with Crippen molar-refractivity contribution >= 4 is 23.1 Å². The second-order valence-corrected chi connectivity index (χ2v) is 3.68. The topological polar surface area (TPSA) is 49.7 Å². The molecule has 1 N–H and O–H groups in total. The fourth-order valence-corrected chi connectivity index (χ4v) is 1.93. The van der Waals surface area contributed by atoms with E-state index in [2.05, 4.69) is 5.16 Å². The summed E-state index contributed by atoms with van der Waals surface area (Å²) < 4.78 is 0. The number of hydrogen-bond donors (Lipinski definition) is 1. The summed E-state index contributed by atoms with van der Waals surface area (Å²) in [7, 11) is 0. The maximum absolute atomic E-state index is 11.6. The van der Waals surface area contributed by atoms with E-state index in [0.29, 0.717) is 17.0 Å². The molecule has 14 heavy (non-hydrogen) atoms. The van der Waals surface area contributed by atoms with Crippen LogP contribution in [0.5, 0.6) is 0 Å². The van der Waals surface area contributed by atoms with Gasteiger partial charge in [-0.15, -0.1) is 0 Å². The summed E-state index contributed by atoms with van der Waals surface area (Å²) in [6.45, 7) is 1.91. The number of oxime groups is 1. The van der Waals surface area contributed by atoms with Crippen molar-refractivity contribution in [1.82, 2.24) is 0 Å². The predicted octanol–water partition coefficient (Wildman–Crippen LogP) is 2.22. The number of hydrogen-bond acceptors (Lipinski definition) is 3. The molecule has 0 saturated heterocycles. The van der Waals surface area contributed by atoms with Crippen LogP contribution in [0.15, 0.2) is 17.3 Å².